The third-order valence-electron chi connectivity index (χ3n) is 5.04. The van der Waals surface area contributed by atoms with Crippen molar-refractivity contribution in [2.45, 2.75) is 19.8 Å². The molecule has 0 fully saturated rings. The zero-order valence-corrected chi connectivity index (χ0v) is 17.5. The van der Waals surface area contributed by atoms with E-state index in [2.05, 4.69) is 38.1 Å². The highest BCUT2D eigenvalue weighted by Crippen LogP contribution is 2.26. The lowest BCUT2D eigenvalue weighted by molar-refractivity contribution is 0.415. The van der Waals surface area contributed by atoms with E-state index in [1.165, 1.54) is 5.56 Å². The highest BCUT2D eigenvalue weighted by Gasteiger charge is 2.11. The molecule has 1 heterocycles. The largest absolute Gasteiger partial charge is 0.497 e. The van der Waals surface area contributed by atoms with Crippen molar-refractivity contribution in [3.05, 3.63) is 96.2 Å². The smallest absolute Gasteiger partial charge is 0.118 e. The van der Waals surface area contributed by atoms with Gasteiger partial charge in [0.2, 0.25) is 0 Å². The number of ether oxygens (including phenoxy) is 1. The number of para-hydroxylation sites is 1. The fourth-order valence-electron chi connectivity index (χ4n) is 3.26. The van der Waals surface area contributed by atoms with E-state index in [-0.39, 0.29) is 0 Å². The summed E-state index contributed by atoms with van der Waals surface area (Å²) < 4.78 is 7.18. The predicted molar refractivity (Wildman–Crippen MR) is 123 cm³/mol. The Bertz CT molecular complexity index is 1130. The monoisotopic (exact) mass is 395 g/mol. The fraction of sp³-hybridized carbons (Fsp3) is 0.154. The number of aromatic nitrogens is 2. The van der Waals surface area contributed by atoms with E-state index in [4.69, 9.17) is 14.8 Å². The number of aliphatic imine (C=N–C) groups is 1. The first-order valence-corrected chi connectivity index (χ1v) is 10.1. The Hall–Kier alpha value is -3.66. The molecular weight excluding hydrogens is 370 g/mol. The molecule has 0 aliphatic heterocycles. The van der Waals surface area contributed by atoms with Gasteiger partial charge in [0, 0.05) is 23.5 Å². The number of nitrogens with zero attached hydrogens (tertiary/aromatic N) is 3. The SMILES string of the molecule is COc1ccc(-c2nn(-c3ccccc3)cc2C=Nc2ccc(C(C)C)cc2)cc1. The van der Waals surface area contributed by atoms with Crippen LogP contribution in [0, 0.1) is 0 Å². The molecule has 0 aliphatic carbocycles. The molecule has 0 atom stereocenters. The number of hydrogen-bond donors (Lipinski definition) is 0. The maximum atomic E-state index is 5.29. The zero-order chi connectivity index (χ0) is 20.9. The highest BCUT2D eigenvalue weighted by atomic mass is 16.5. The topological polar surface area (TPSA) is 39.4 Å². The number of hydrogen-bond acceptors (Lipinski definition) is 3. The molecule has 0 bridgehead atoms. The molecule has 4 aromatic rings. The van der Waals surface area contributed by atoms with Crippen molar-refractivity contribution in [1.29, 1.82) is 0 Å². The van der Waals surface area contributed by atoms with Gasteiger partial charge in [-0.25, -0.2) is 4.68 Å². The molecule has 0 amide bonds. The summed E-state index contributed by atoms with van der Waals surface area (Å²) in [6, 6.07) is 26.4. The van der Waals surface area contributed by atoms with E-state index in [0.29, 0.717) is 5.92 Å². The molecule has 4 heteroatoms. The van der Waals surface area contributed by atoms with E-state index in [1.54, 1.807) is 7.11 Å². The van der Waals surface area contributed by atoms with Gasteiger partial charge in [0.1, 0.15) is 11.4 Å². The molecule has 0 unspecified atom stereocenters. The summed E-state index contributed by atoms with van der Waals surface area (Å²) in [5.41, 5.74) is 6.09. The molecule has 3 aromatic carbocycles. The van der Waals surface area contributed by atoms with Gasteiger partial charge in [-0.2, -0.15) is 5.10 Å². The van der Waals surface area contributed by atoms with E-state index in [1.807, 2.05) is 71.7 Å². The molecule has 4 nitrogen and oxygen atoms in total. The van der Waals surface area contributed by atoms with Gasteiger partial charge in [-0.05, 0) is 60.0 Å². The zero-order valence-electron chi connectivity index (χ0n) is 17.5. The van der Waals surface area contributed by atoms with Gasteiger partial charge in [0.05, 0.1) is 18.5 Å². The third-order valence-corrected chi connectivity index (χ3v) is 5.04. The molecule has 1 aromatic heterocycles. The summed E-state index contributed by atoms with van der Waals surface area (Å²) in [7, 11) is 1.67. The van der Waals surface area contributed by atoms with Crippen molar-refractivity contribution in [3.63, 3.8) is 0 Å². The summed E-state index contributed by atoms with van der Waals surface area (Å²) >= 11 is 0. The molecule has 0 N–H and O–H groups in total. The summed E-state index contributed by atoms with van der Waals surface area (Å²) in [5, 5.41) is 4.84. The van der Waals surface area contributed by atoms with Crippen molar-refractivity contribution >= 4 is 11.9 Å². The first-order valence-electron chi connectivity index (χ1n) is 10.1. The molecule has 30 heavy (non-hydrogen) atoms. The number of rotatable bonds is 6. The van der Waals surface area contributed by atoms with Crippen LogP contribution < -0.4 is 4.74 Å². The lowest BCUT2D eigenvalue weighted by atomic mass is 10.0. The normalized spacial score (nSPS) is 11.3. The van der Waals surface area contributed by atoms with Crippen molar-refractivity contribution in [2.75, 3.05) is 7.11 Å². The minimum Gasteiger partial charge on any atom is -0.497 e. The minimum absolute atomic E-state index is 0.508. The van der Waals surface area contributed by atoms with Crippen LogP contribution in [0.4, 0.5) is 5.69 Å². The Labute approximate surface area is 177 Å². The third kappa shape index (κ3) is 4.33. The lowest BCUT2D eigenvalue weighted by Crippen LogP contribution is -1.94. The lowest BCUT2D eigenvalue weighted by Gasteiger charge is -2.04. The second-order valence-corrected chi connectivity index (χ2v) is 7.45. The van der Waals surface area contributed by atoms with Gasteiger partial charge in [-0.3, -0.25) is 4.99 Å². The Morgan fingerprint density at radius 1 is 0.900 bits per heavy atom. The molecule has 4 rings (SSSR count). The molecule has 0 saturated carbocycles. The highest BCUT2D eigenvalue weighted by molar-refractivity contribution is 5.90. The second kappa shape index (κ2) is 8.78. The molecule has 0 spiro atoms. The number of benzene rings is 3. The van der Waals surface area contributed by atoms with Crippen LogP contribution in [-0.2, 0) is 0 Å². The molecule has 0 saturated heterocycles. The van der Waals surface area contributed by atoms with Crippen LogP contribution in [0.15, 0.2) is 90.1 Å². The van der Waals surface area contributed by atoms with Crippen LogP contribution in [0.5, 0.6) is 5.75 Å². The van der Waals surface area contributed by atoms with Crippen LogP contribution in [0.1, 0.15) is 30.9 Å². The summed E-state index contributed by atoms with van der Waals surface area (Å²) in [5.74, 6) is 1.33. The summed E-state index contributed by atoms with van der Waals surface area (Å²) in [6.45, 7) is 4.38. The second-order valence-electron chi connectivity index (χ2n) is 7.45. The van der Waals surface area contributed by atoms with Gasteiger partial charge in [-0.15, -0.1) is 0 Å². The Kier molecular flexibility index (Phi) is 5.75. The van der Waals surface area contributed by atoms with Crippen LogP contribution in [0.3, 0.4) is 0 Å². The van der Waals surface area contributed by atoms with Crippen LogP contribution in [0.25, 0.3) is 16.9 Å². The predicted octanol–water partition coefficient (Wildman–Crippen LogP) is 6.42. The van der Waals surface area contributed by atoms with Crippen LogP contribution in [0.2, 0.25) is 0 Å². The first kappa shape index (κ1) is 19.6. The molecule has 0 aliphatic rings. The molecular formula is C26H25N3O. The molecule has 0 radical (unpaired) electrons. The number of methoxy groups -OCH3 is 1. The average Bonchev–Trinajstić information content (AvgIpc) is 3.23. The van der Waals surface area contributed by atoms with Gasteiger partial charge in [0.15, 0.2) is 0 Å². The average molecular weight is 396 g/mol. The summed E-state index contributed by atoms with van der Waals surface area (Å²) in [6.07, 6.45) is 3.90. The molecule has 150 valence electrons. The fourth-order valence-corrected chi connectivity index (χ4v) is 3.26. The van der Waals surface area contributed by atoms with Gasteiger partial charge in [0.25, 0.3) is 0 Å². The van der Waals surface area contributed by atoms with Crippen molar-refractivity contribution in [2.24, 2.45) is 4.99 Å². The van der Waals surface area contributed by atoms with E-state index in [9.17, 15) is 0 Å². The maximum Gasteiger partial charge on any atom is 0.118 e. The van der Waals surface area contributed by atoms with E-state index >= 15 is 0 Å². The Morgan fingerprint density at radius 2 is 1.60 bits per heavy atom. The van der Waals surface area contributed by atoms with Crippen LogP contribution in [-0.4, -0.2) is 23.1 Å². The van der Waals surface area contributed by atoms with E-state index in [0.717, 1.165) is 33.9 Å². The minimum atomic E-state index is 0.508. The standard InChI is InChI=1S/C26H25N3O/c1-19(2)20-9-13-23(14-10-20)27-17-22-18-29(24-7-5-4-6-8-24)28-26(22)21-11-15-25(30-3)16-12-21/h4-19H,1-3H3. The van der Waals surface area contributed by atoms with Gasteiger partial charge in [-0.1, -0.05) is 44.2 Å². The Balaban J connectivity index is 1.71. The quantitative estimate of drug-likeness (QED) is 0.353. The van der Waals surface area contributed by atoms with Crippen molar-refractivity contribution < 1.29 is 4.74 Å². The van der Waals surface area contributed by atoms with E-state index < -0.39 is 0 Å². The van der Waals surface area contributed by atoms with Gasteiger partial charge >= 0.3 is 0 Å². The van der Waals surface area contributed by atoms with Crippen LogP contribution >= 0.6 is 0 Å². The van der Waals surface area contributed by atoms with Crippen molar-refractivity contribution in [1.82, 2.24) is 9.78 Å². The Morgan fingerprint density at radius 3 is 2.23 bits per heavy atom. The van der Waals surface area contributed by atoms with Gasteiger partial charge < -0.3 is 4.74 Å². The first-order chi connectivity index (χ1) is 14.6. The van der Waals surface area contributed by atoms with Crippen molar-refractivity contribution in [3.8, 4) is 22.7 Å². The summed E-state index contributed by atoms with van der Waals surface area (Å²) in [4.78, 5) is 4.70. The maximum absolute atomic E-state index is 5.29.